The third kappa shape index (κ3) is 9.12. The van der Waals surface area contributed by atoms with E-state index in [0.29, 0.717) is 50.0 Å². The first kappa shape index (κ1) is 52.8. The Kier molecular flexibility index (Phi) is 13.8. The van der Waals surface area contributed by atoms with Gasteiger partial charge in [-0.1, -0.05) is 97.8 Å². The SMILES string of the molecule is COc1cc2c(cc1O)C1CC(O)C3Cc4cc(O)c(OC)cc4C4CC(OC(=O)C5(c6ccc7cc(O)cc(-c8ccccc8)c7c6)CC6(CCCC6)CC5CCC(O)O)CC(OC(C)=O)C(C2)C1(C=Cc1ccccc1)C43. The van der Waals surface area contributed by atoms with Crippen LogP contribution in [-0.2, 0) is 37.3 Å². The van der Waals surface area contributed by atoms with E-state index in [2.05, 4.69) is 30.4 Å². The average molecular weight is 1070 g/mol. The molecule has 12 nitrogen and oxygen atoms in total. The molecule has 4 fully saturated rings. The number of hydrogen-bond acceptors (Lipinski definition) is 12. The Bertz CT molecular complexity index is 3310. The van der Waals surface area contributed by atoms with Crippen molar-refractivity contribution in [2.24, 2.45) is 34.5 Å². The number of aliphatic hydroxyl groups is 3. The van der Waals surface area contributed by atoms with Crippen molar-refractivity contribution >= 4 is 28.8 Å². The van der Waals surface area contributed by atoms with Gasteiger partial charge in [-0.2, -0.15) is 0 Å². The minimum Gasteiger partial charge on any atom is -0.508 e. The number of carbonyl (C=O) groups excluding carboxylic acids is 2. The van der Waals surface area contributed by atoms with Crippen LogP contribution in [-0.4, -0.2) is 81.4 Å². The molecule has 0 aromatic heterocycles. The number of esters is 2. The van der Waals surface area contributed by atoms with Gasteiger partial charge in [-0.15, -0.1) is 0 Å². The molecule has 6 aliphatic carbocycles. The van der Waals surface area contributed by atoms with Crippen molar-refractivity contribution in [2.45, 2.75) is 132 Å². The fourth-order valence-electron chi connectivity index (χ4n) is 17.0. The Labute approximate surface area is 461 Å². The monoisotopic (exact) mass is 1070 g/mol. The number of benzene rings is 6. The molecule has 0 heterocycles. The molecule has 412 valence electrons. The van der Waals surface area contributed by atoms with E-state index in [1.165, 1.54) is 21.1 Å². The molecule has 6 aromatic carbocycles. The van der Waals surface area contributed by atoms with E-state index in [1.54, 1.807) is 24.3 Å². The van der Waals surface area contributed by atoms with Crippen LogP contribution in [0, 0.1) is 34.5 Å². The first-order chi connectivity index (χ1) is 38.1. The van der Waals surface area contributed by atoms with Crippen LogP contribution in [0.5, 0.6) is 28.7 Å². The molecule has 12 rings (SSSR count). The molecule has 11 atom stereocenters. The summed E-state index contributed by atoms with van der Waals surface area (Å²) in [5.74, 6) is -2.47. The van der Waals surface area contributed by atoms with Crippen molar-refractivity contribution in [3.8, 4) is 39.9 Å². The van der Waals surface area contributed by atoms with Crippen LogP contribution < -0.4 is 9.47 Å². The van der Waals surface area contributed by atoms with Gasteiger partial charge >= 0.3 is 11.9 Å². The number of ether oxygens (including phenoxy) is 4. The fourth-order valence-corrected chi connectivity index (χ4v) is 17.0. The Morgan fingerprint density at radius 2 is 1.47 bits per heavy atom. The van der Waals surface area contributed by atoms with E-state index < -0.39 is 59.2 Å². The summed E-state index contributed by atoms with van der Waals surface area (Å²) < 4.78 is 25.6. The van der Waals surface area contributed by atoms with E-state index in [9.17, 15) is 35.4 Å². The van der Waals surface area contributed by atoms with Crippen molar-refractivity contribution in [1.82, 2.24) is 0 Å². The zero-order chi connectivity index (χ0) is 55.0. The molecule has 4 saturated carbocycles. The van der Waals surface area contributed by atoms with Crippen LogP contribution in [0.1, 0.15) is 123 Å². The number of carbonyl (C=O) groups is 2. The number of phenols is 3. The highest BCUT2D eigenvalue weighted by molar-refractivity contribution is 5.99. The van der Waals surface area contributed by atoms with Crippen LogP contribution in [0.4, 0.5) is 0 Å². The van der Waals surface area contributed by atoms with E-state index in [1.807, 2.05) is 72.8 Å². The van der Waals surface area contributed by atoms with Gasteiger partial charge in [0.05, 0.1) is 25.7 Å². The number of aromatic hydroxyl groups is 3. The summed E-state index contributed by atoms with van der Waals surface area (Å²) in [6.45, 7) is 1.42. The normalized spacial score (nSPS) is 29.3. The zero-order valence-electron chi connectivity index (χ0n) is 45.2. The first-order valence-corrected chi connectivity index (χ1v) is 28.4. The molecular formula is C67H72O12. The minimum absolute atomic E-state index is 0.00788. The van der Waals surface area contributed by atoms with Crippen molar-refractivity contribution in [2.75, 3.05) is 14.2 Å². The Balaban J connectivity index is 1.07. The van der Waals surface area contributed by atoms with Gasteiger partial charge < -0.3 is 49.6 Å². The van der Waals surface area contributed by atoms with E-state index >= 15 is 4.79 Å². The molecule has 1 spiro atoms. The van der Waals surface area contributed by atoms with Crippen molar-refractivity contribution in [3.05, 3.63) is 155 Å². The number of phenolic OH excluding ortho intramolecular Hbond substituents is 3. The lowest BCUT2D eigenvalue weighted by molar-refractivity contribution is -0.179. The number of methoxy groups -OCH3 is 2. The number of rotatable bonds is 12. The molecule has 11 unspecified atom stereocenters. The van der Waals surface area contributed by atoms with Gasteiger partial charge in [-0.3, -0.25) is 9.59 Å². The van der Waals surface area contributed by atoms with Crippen molar-refractivity contribution in [3.63, 3.8) is 0 Å². The van der Waals surface area contributed by atoms with Crippen LogP contribution >= 0.6 is 0 Å². The van der Waals surface area contributed by atoms with Gasteiger partial charge in [0, 0.05) is 24.7 Å². The van der Waals surface area contributed by atoms with Gasteiger partial charge in [-0.25, -0.2) is 0 Å². The molecule has 0 bridgehead atoms. The molecule has 0 amide bonds. The summed E-state index contributed by atoms with van der Waals surface area (Å²) in [4.78, 5) is 30.5. The maximum absolute atomic E-state index is 16.7. The number of hydrogen-bond donors (Lipinski definition) is 6. The van der Waals surface area contributed by atoms with Crippen LogP contribution in [0.15, 0.2) is 121 Å². The molecular weight excluding hydrogens is 997 g/mol. The fraction of sp³-hybridized carbons (Fsp3) is 0.433. The van der Waals surface area contributed by atoms with E-state index in [4.69, 9.17) is 18.9 Å². The third-order valence-electron chi connectivity index (χ3n) is 20.0. The molecule has 0 radical (unpaired) electrons. The van der Waals surface area contributed by atoms with Gasteiger partial charge in [-0.05, 0) is 197 Å². The molecule has 6 aromatic rings. The number of aliphatic hydroxyl groups excluding tert-OH is 2. The second-order valence-electron chi connectivity index (χ2n) is 24.1. The lowest BCUT2D eigenvalue weighted by atomic mass is 9.40. The van der Waals surface area contributed by atoms with Crippen molar-refractivity contribution in [1.29, 1.82) is 0 Å². The highest BCUT2D eigenvalue weighted by atomic mass is 16.6. The van der Waals surface area contributed by atoms with Crippen LogP contribution in [0.25, 0.3) is 28.0 Å². The number of fused-ring (bicyclic) bond motifs is 5. The Morgan fingerprint density at radius 1 is 0.759 bits per heavy atom. The Hall–Kier alpha value is -6.86. The molecule has 6 N–H and O–H groups in total. The Morgan fingerprint density at radius 3 is 2.19 bits per heavy atom. The molecule has 6 aliphatic rings. The summed E-state index contributed by atoms with van der Waals surface area (Å²) in [6, 6.07) is 36.8. The van der Waals surface area contributed by atoms with Gasteiger partial charge in [0.25, 0.3) is 0 Å². The second kappa shape index (κ2) is 20.7. The standard InChI is InChI=1S/C67H72O12/c1-38(68)78-59-32-47(79-64(75)67(37-65(21-10-11-22-65)36-45(67)18-19-62(73)74)44-17-16-41-24-46(69)30-49(48(41)29-44)40-14-8-5-9-15-40)31-52-50-34-61(77-3)57(71)27-42(50)25-53-56(70)35-54-51-33-58(72)60(76-2)28-43(51)26-55(59)66(54,63(52)53)23-20-39-12-6-4-7-13-39/h4-9,12-17,20,23-24,27-30,33-34,45,47,52-56,59,62-63,69-74H,10-11,18-19,21-22,25-26,31-32,35-37H2,1-3H3. The molecule has 12 heteroatoms. The quantitative estimate of drug-likeness (QED) is 0.0503. The van der Waals surface area contributed by atoms with Crippen LogP contribution in [0.3, 0.4) is 0 Å². The van der Waals surface area contributed by atoms with Crippen molar-refractivity contribution < 1.29 is 59.2 Å². The third-order valence-corrected chi connectivity index (χ3v) is 20.0. The van der Waals surface area contributed by atoms with Gasteiger partial charge in [0.2, 0.25) is 0 Å². The molecule has 0 saturated heterocycles. The first-order valence-electron chi connectivity index (χ1n) is 28.4. The summed E-state index contributed by atoms with van der Waals surface area (Å²) in [6.07, 6.45) is 7.52. The topological polar surface area (TPSA) is 192 Å². The highest BCUT2D eigenvalue weighted by Crippen LogP contribution is 2.70. The van der Waals surface area contributed by atoms with E-state index in [-0.39, 0.29) is 65.6 Å². The summed E-state index contributed by atoms with van der Waals surface area (Å²) in [7, 11) is 3.05. The lowest BCUT2D eigenvalue weighted by Crippen LogP contribution is -2.62. The highest BCUT2D eigenvalue weighted by Gasteiger charge is 2.66. The van der Waals surface area contributed by atoms with E-state index in [0.717, 1.165) is 81.0 Å². The minimum atomic E-state index is -1.58. The summed E-state index contributed by atoms with van der Waals surface area (Å²) in [5.41, 5.74) is 4.77. The maximum Gasteiger partial charge on any atom is 0.317 e. The smallest absolute Gasteiger partial charge is 0.317 e. The second-order valence-corrected chi connectivity index (χ2v) is 24.1. The van der Waals surface area contributed by atoms with Gasteiger partial charge in [0.1, 0.15) is 18.0 Å². The zero-order valence-corrected chi connectivity index (χ0v) is 45.2. The lowest BCUT2D eigenvalue weighted by Gasteiger charge is -2.64. The van der Waals surface area contributed by atoms with Crippen LogP contribution in [0.2, 0.25) is 0 Å². The average Bonchev–Trinajstić information content (AvgIpc) is 3.23. The predicted octanol–water partition coefficient (Wildman–Crippen LogP) is 11.6. The predicted molar refractivity (Wildman–Crippen MR) is 300 cm³/mol. The maximum atomic E-state index is 16.7. The molecule has 79 heavy (non-hydrogen) atoms. The largest absolute Gasteiger partial charge is 0.508 e. The number of allylic oxidation sites excluding steroid dienone is 1. The molecule has 0 aliphatic heterocycles. The summed E-state index contributed by atoms with van der Waals surface area (Å²) in [5, 5.41) is 69.6. The van der Waals surface area contributed by atoms with Gasteiger partial charge in [0.15, 0.2) is 29.3 Å². The summed E-state index contributed by atoms with van der Waals surface area (Å²) >= 11 is 0.